The van der Waals surface area contributed by atoms with E-state index in [9.17, 15) is 0 Å². The molecule has 0 aliphatic carbocycles. The average molecular weight is 580 g/mol. The van der Waals surface area contributed by atoms with E-state index in [0.717, 1.165) is 11.3 Å². The van der Waals surface area contributed by atoms with Gasteiger partial charge in [-0.3, -0.25) is 4.98 Å². The number of pyridine rings is 1. The molecule has 11 aromatic rings. The van der Waals surface area contributed by atoms with Gasteiger partial charge in [-0.25, -0.2) is 0 Å². The second-order valence-electron chi connectivity index (χ2n) is 12.6. The first-order valence-electron chi connectivity index (χ1n) is 16.0. The maximum atomic E-state index is 4.79. The number of hydrogen-bond acceptors (Lipinski definition) is 1. The largest absolute Gasteiger partial charge is 0.256 e. The van der Waals surface area contributed by atoms with E-state index >= 15 is 0 Å². The number of hydrogen-bond donors (Lipinski definition) is 0. The molecule has 1 aromatic heterocycles. The Balaban J connectivity index is 1.40. The molecule has 11 rings (SSSR count). The van der Waals surface area contributed by atoms with Gasteiger partial charge in [-0.15, -0.1) is 0 Å². The van der Waals surface area contributed by atoms with Crippen molar-refractivity contribution in [3.63, 3.8) is 0 Å². The second kappa shape index (κ2) is 8.78. The summed E-state index contributed by atoms with van der Waals surface area (Å²) in [5.74, 6) is 0. The molecule has 0 saturated heterocycles. The molecule has 0 spiro atoms. The van der Waals surface area contributed by atoms with E-state index in [1.807, 2.05) is 12.3 Å². The zero-order chi connectivity index (χ0) is 29.9. The van der Waals surface area contributed by atoms with E-state index < -0.39 is 0 Å². The van der Waals surface area contributed by atoms with Crippen LogP contribution < -0.4 is 0 Å². The van der Waals surface area contributed by atoms with Crippen LogP contribution in [0.1, 0.15) is 0 Å². The van der Waals surface area contributed by atoms with Crippen LogP contribution in [0.5, 0.6) is 0 Å². The van der Waals surface area contributed by atoms with Gasteiger partial charge in [-0.05, 0) is 134 Å². The Morgan fingerprint density at radius 3 is 1.52 bits per heavy atom. The molecule has 0 N–H and O–H groups in total. The summed E-state index contributed by atoms with van der Waals surface area (Å²) in [6.45, 7) is 0. The third-order valence-corrected chi connectivity index (χ3v) is 10.4. The van der Waals surface area contributed by atoms with Crippen molar-refractivity contribution >= 4 is 86.2 Å². The Labute approximate surface area is 264 Å². The first-order valence-corrected chi connectivity index (χ1v) is 16.0. The summed E-state index contributed by atoms with van der Waals surface area (Å²) in [6, 6.07) is 54.0. The zero-order valence-electron chi connectivity index (χ0n) is 24.9. The van der Waals surface area contributed by atoms with E-state index in [4.69, 9.17) is 4.98 Å². The lowest BCUT2D eigenvalue weighted by Crippen LogP contribution is -1.91. The van der Waals surface area contributed by atoms with Crippen LogP contribution in [-0.4, -0.2) is 4.98 Å². The van der Waals surface area contributed by atoms with Crippen LogP contribution in [0.4, 0.5) is 0 Å². The third kappa shape index (κ3) is 3.07. The molecule has 1 nitrogen and oxygen atoms in total. The van der Waals surface area contributed by atoms with Crippen LogP contribution >= 0.6 is 0 Å². The van der Waals surface area contributed by atoms with Gasteiger partial charge in [0.2, 0.25) is 0 Å². The number of rotatable bonds is 2. The summed E-state index contributed by atoms with van der Waals surface area (Å²) >= 11 is 0. The quantitative estimate of drug-likeness (QED) is 0.186. The number of benzene rings is 8. The monoisotopic (exact) mass is 579 g/mol. The minimum absolute atomic E-state index is 0.987. The predicted octanol–water partition coefficient (Wildman–Crippen LogP) is 12.5. The maximum Gasteiger partial charge on any atom is 0.0708 e. The zero-order valence-corrected chi connectivity index (χ0v) is 24.9. The standard InChI is InChI=1S/C45H25N/c1-2-13-28-27(12-1)31-18-9-19-34-38-22-35(29-14-3-4-15-30(29)43-20-5-6-21-46-43)39-23-36-32-16-7-10-26-11-8-17-33(44(26)32)37(36)24-40(39)41(38)25-42(28)45(31)34/h1-25H. The Morgan fingerprint density at radius 2 is 0.783 bits per heavy atom. The molecule has 0 aliphatic heterocycles. The summed E-state index contributed by atoms with van der Waals surface area (Å²) in [7, 11) is 0. The van der Waals surface area contributed by atoms with E-state index in [1.54, 1.807) is 0 Å². The SMILES string of the molecule is c1ccc(-c2ccccc2-c2cc3c(cc4c5ccccc5c5cccc3c54)c3cc4c(cc23)c2cccc3cccc4c32)nc1. The van der Waals surface area contributed by atoms with Gasteiger partial charge in [0, 0.05) is 11.8 Å². The van der Waals surface area contributed by atoms with Crippen LogP contribution in [0.15, 0.2) is 152 Å². The lowest BCUT2D eigenvalue weighted by Gasteiger charge is -2.17. The molecule has 1 heteroatoms. The van der Waals surface area contributed by atoms with Crippen LogP contribution in [0, 0.1) is 0 Å². The molecule has 0 aliphatic rings. The number of fused-ring (bicyclic) bond motifs is 10. The molecule has 0 atom stereocenters. The Hall–Kier alpha value is -6.05. The number of nitrogens with zero attached hydrogens (tertiary/aromatic N) is 1. The molecule has 1 heterocycles. The van der Waals surface area contributed by atoms with Crippen LogP contribution in [0.3, 0.4) is 0 Å². The highest BCUT2D eigenvalue weighted by atomic mass is 14.7. The van der Waals surface area contributed by atoms with Crippen LogP contribution in [0.2, 0.25) is 0 Å². The van der Waals surface area contributed by atoms with Gasteiger partial charge in [0.15, 0.2) is 0 Å². The second-order valence-corrected chi connectivity index (χ2v) is 12.6. The Morgan fingerprint density at radius 1 is 0.283 bits per heavy atom. The highest BCUT2D eigenvalue weighted by Gasteiger charge is 2.21. The molecule has 0 amide bonds. The summed E-state index contributed by atoms with van der Waals surface area (Å²) in [4.78, 5) is 4.79. The van der Waals surface area contributed by atoms with Crippen molar-refractivity contribution in [1.29, 1.82) is 0 Å². The number of aromatic nitrogens is 1. The summed E-state index contributed by atoms with van der Waals surface area (Å²) in [5.41, 5.74) is 4.58. The van der Waals surface area contributed by atoms with Gasteiger partial charge in [0.05, 0.1) is 5.69 Å². The van der Waals surface area contributed by atoms with Crippen molar-refractivity contribution in [3.05, 3.63) is 152 Å². The molecule has 210 valence electrons. The average Bonchev–Trinajstić information content (AvgIpc) is 3.62. The summed E-state index contributed by atoms with van der Waals surface area (Å²) in [6.07, 6.45) is 1.89. The fraction of sp³-hybridized carbons (Fsp3) is 0. The van der Waals surface area contributed by atoms with E-state index in [1.165, 1.54) is 97.3 Å². The van der Waals surface area contributed by atoms with Gasteiger partial charge in [-0.1, -0.05) is 109 Å². The highest BCUT2D eigenvalue weighted by Crippen LogP contribution is 2.48. The van der Waals surface area contributed by atoms with Crippen molar-refractivity contribution in [2.45, 2.75) is 0 Å². The lowest BCUT2D eigenvalue weighted by atomic mass is 9.87. The Bertz CT molecular complexity index is 3000. The summed E-state index contributed by atoms with van der Waals surface area (Å²) in [5, 5.41) is 21.1. The third-order valence-electron chi connectivity index (χ3n) is 10.4. The van der Waals surface area contributed by atoms with Gasteiger partial charge in [0.25, 0.3) is 0 Å². The molecule has 0 unspecified atom stereocenters. The molecular weight excluding hydrogens is 555 g/mol. The van der Waals surface area contributed by atoms with Gasteiger partial charge in [0.1, 0.15) is 0 Å². The topological polar surface area (TPSA) is 12.9 Å². The van der Waals surface area contributed by atoms with Crippen molar-refractivity contribution in [2.75, 3.05) is 0 Å². The normalized spacial score (nSPS) is 12.3. The molecule has 0 radical (unpaired) electrons. The van der Waals surface area contributed by atoms with Crippen molar-refractivity contribution in [1.82, 2.24) is 4.98 Å². The van der Waals surface area contributed by atoms with Crippen molar-refractivity contribution < 1.29 is 0 Å². The molecular formula is C45H25N. The van der Waals surface area contributed by atoms with Gasteiger partial charge >= 0.3 is 0 Å². The maximum absolute atomic E-state index is 4.79. The summed E-state index contributed by atoms with van der Waals surface area (Å²) < 4.78 is 0. The fourth-order valence-electron chi connectivity index (χ4n) is 8.46. The van der Waals surface area contributed by atoms with E-state index in [2.05, 4.69) is 140 Å². The molecule has 0 saturated carbocycles. The highest BCUT2D eigenvalue weighted by molar-refractivity contribution is 6.38. The van der Waals surface area contributed by atoms with Gasteiger partial charge < -0.3 is 0 Å². The smallest absolute Gasteiger partial charge is 0.0708 e. The molecule has 0 bridgehead atoms. The predicted molar refractivity (Wildman–Crippen MR) is 198 cm³/mol. The first kappa shape index (κ1) is 24.3. The van der Waals surface area contributed by atoms with E-state index in [-0.39, 0.29) is 0 Å². The molecule has 10 aromatic carbocycles. The fourth-order valence-corrected chi connectivity index (χ4v) is 8.46. The minimum Gasteiger partial charge on any atom is -0.256 e. The molecule has 0 fully saturated rings. The van der Waals surface area contributed by atoms with Gasteiger partial charge in [-0.2, -0.15) is 0 Å². The van der Waals surface area contributed by atoms with Crippen LogP contribution in [0.25, 0.3) is 109 Å². The lowest BCUT2D eigenvalue weighted by molar-refractivity contribution is 1.33. The molecule has 46 heavy (non-hydrogen) atoms. The Kier molecular flexibility index (Phi) is 4.63. The van der Waals surface area contributed by atoms with Crippen LogP contribution in [-0.2, 0) is 0 Å². The minimum atomic E-state index is 0.987. The van der Waals surface area contributed by atoms with Crippen molar-refractivity contribution in [2.24, 2.45) is 0 Å². The van der Waals surface area contributed by atoms with Crippen molar-refractivity contribution in [3.8, 4) is 22.4 Å². The first-order chi connectivity index (χ1) is 22.8. The van der Waals surface area contributed by atoms with E-state index in [0.29, 0.717) is 0 Å².